The fourth-order valence-electron chi connectivity index (χ4n) is 4.44. The second-order valence-electron chi connectivity index (χ2n) is 8.87. The molecule has 1 fully saturated rings. The molecule has 2 aromatic heterocycles. The van der Waals surface area contributed by atoms with E-state index in [-0.39, 0.29) is 11.8 Å². The molecule has 3 aromatic rings. The van der Waals surface area contributed by atoms with Crippen molar-refractivity contribution in [3.8, 4) is 16.3 Å². The third-order valence-corrected chi connectivity index (χ3v) is 7.96. The molecular formula is C27H31Cl2N3OS. The molecule has 1 amide bonds. The summed E-state index contributed by atoms with van der Waals surface area (Å²) < 4.78 is 1.89. The van der Waals surface area contributed by atoms with Gasteiger partial charge in [-0.1, -0.05) is 61.9 Å². The molecule has 1 N–H and O–H groups in total. The maximum atomic E-state index is 12.7. The number of allylic oxidation sites excluding steroid dienone is 1. The number of rotatable bonds is 8. The highest BCUT2D eigenvalue weighted by Crippen LogP contribution is 2.36. The predicted octanol–water partition coefficient (Wildman–Crippen LogP) is 8.23. The molecule has 0 unspecified atom stereocenters. The first-order valence-corrected chi connectivity index (χ1v) is 13.6. The molecule has 0 atom stereocenters. The maximum Gasteiger partial charge on any atom is 0.223 e. The Morgan fingerprint density at radius 3 is 2.74 bits per heavy atom. The summed E-state index contributed by atoms with van der Waals surface area (Å²) in [4.78, 5) is 15.1. The zero-order chi connectivity index (χ0) is 24.1. The van der Waals surface area contributed by atoms with Gasteiger partial charge in [-0.15, -0.1) is 11.3 Å². The van der Waals surface area contributed by atoms with Gasteiger partial charge in [0.25, 0.3) is 0 Å². The highest BCUT2D eigenvalue weighted by molar-refractivity contribution is 7.16. The van der Waals surface area contributed by atoms with Crippen LogP contribution in [0.2, 0.25) is 10.0 Å². The van der Waals surface area contributed by atoms with Gasteiger partial charge in [-0.25, -0.2) is 4.68 Å². The Balaban J connectivity index is 1.67. The summed E-state index contributed by atoms with van der Waals surface area (Å²) >= 11 is 14.5. The van der Waals surface area contributed by atoms with Gasteiger partial charge >= 0.3 is 0 Å². The Kier molecular flexibility index (Phi) is 8.51. The van der Waals surface area contributed by atoms with Crippen LogP contribution in [0.15, 0.2) is 36.4 Å². The fraction of sp³-hybridized carbons (Fsp3) is 0.407. The molecule has 1 saturated carbocycles. The number of benzene rings is 1. The smallest absolute Gasteiger partial charge is 0.223 e. The van der Waals surface area contributed by atoms with Crippen molar-refractivity contribution in [2.75, 3.05) is 0 Å². The van der Waals surface area contributed by atoms with E-state index in [9.17, 15) is 4.79 Å². The van der Waals surface area contributed by atoms with Crippen LogP contribution in [0.5, 0.6) is 0 Å². The number of nitrogens with zero attached hydrogens (tertiary/aromatic N) is 2. The average Bonchev–Trinajstić information content (AvgIpc) is 3.42. The van der Waals surface area contributed by atoms with E-state index >= 15 is 0 Å². The fourth-order valence-corrected chi connectivity index (χ4v) is 5.96. The zero-order valence-corrected chi connectivity index (χ0v) is 22.1. The van der Waals surface area contributed by atoms with Crippen LogP contribution >= 0.6 is 34.5 Å². The quantitative estimate of drug-likeness (QED) is 0.328. The summed E-state index contributed by atoms with van der Waals surface area (Å²) in [6, 6.07) is 9.71. The number of carbonyl (C=O) groups excluding carboxylic acids is 1. The topological polar surface area (TPSA) is 46.9 Å². The first-order valence-electron chi connectivity index (χ1n) is 12.1. The van der Waals surface area contributed by atoms with Crippen LogP contribution in [0.1, 0.15) is 68.0 Å². The number of halogens is 2. The van der Waals surface area contributed by atoms with Crippen LogP contribution < -0.4 is 5.32 Å². The second kappa shape index (κ2) is 11.6. The van der Waals surface area contributed by atoms with Gasteiger partial charge in [0.05, 0.1) is 33.5 Å². The standard InChI is InChI=1S/C27H31Cl2N3OS/c1-3-4-6-11-21-13-15-25(34-21)26-18(2)23(17-30-27(33)19-9-7-5-8-10-19)31-32(26)24-14-12-20(28)16-22(24)29/h6,11-16,19H,3-5,7-10,17H2,1-2H3,(H,30,33)/b11-6+. The lowest BCUT2D eigenvalue weighted by Gasteiger charge is -2.20. The van der Waals surface area contributed by atoms with Crippen molar-refractivity contribution < 1.29 is 4.79 Å². The van der Waals surface area contributed by atoms with Crippen molar-refractivity contribution in [1.82, 2.24) is 15.1 Å². The summed E-state index contributed by atoms with van der Waals surface area (Å²) in [5, 5.41) is 9.17. The monoisotopic (exact) mass is 515 g/mol. The van der Waals surface area contributed by atoms with E-state index in [1.165, 1.54) is 11.3 Å². The molecule has 180 valence electrons. The number of hydrogen-bond acceptors (Lipinski definition) is 3. The van der Waals surface area contributed by atoms with Gasteiger partial charge in [0.1, 0.15) is 0 Å². The second-order valence-corrected chi connectivity index (χ2v) is 10.8. The number of hydrogen-bond donors (Lipinski definition) is 1. The summed E-state index contributed by atoms with van der Waals surface area (Å²) in [6.45, 7) is 4.65. The number of aromatic nitrogens is 2. The molecule has 2 heterocycles. The van der Waals surface area contributed by atoms with E-state index in [2.05, 4.69) is 43.4 Å². The molecule has 7 heteroatoms. The summed E-state index contributed by atoms with van der Waals surface area (Å²) in [5.41, 5.74) is 3.65. The first kappa shape index (κ1) is 25.0. The Bertz CT molecular complexity index is 1170. The summed E-state index contributed by atoms with van der Waals surface area (Å²) in [5.74, 6) is 0.260. The molecule has 0 radical (unpaired) electrons. The molecule has 4 rings (SSSR count). The Hall–Kier alpha value is -2.08. The lowest BCUT2D eigenvalue weighted by Crippen LogP contribution is -2.31. The number of nitrogens with one attached hydrogen (secondary N) is 1. The highest BCUT2D eigenvalue weighted by atomic mass is 35.5. The van der Waals surface area contributed by atoms with Crippen LogP contribution in [0, 0.1) is 12.8 Å². The van der Waals surface area contributed by atoms with Gasteiger partial charge in [-0.2, -0.15) is 5.10 Å². The lowest BCUT2D eigenvalue weighted by molar-refractivity contribution is -0.126. The van der Waals surface area contributed by atoms with E-state index in [1.807, 2.05) is 16.8 Å². The van der Waals surface area contributed by atoms with Crippen LogP contribution in [-0.4, -0.2) is 15.7 Å². The van der Waals surface area contributed by atoms with Crippen molar-refractivity contribution in [3.05, 3.63) is 62.6 Å². The first-order chi connectivity index (χ1) is 16.5. The SMILES string of the molecule is CCC/C=C/c1ccc(-c2c(C)c(CNC(=O)C3CCCCC3)nn2-c2ccc(Cl)cc2Cl)s1. The van der Waals surface area contributed by atoms with Crippen LogP contribution in [0.4, 0.5) is 0 Å². The number of carbonyl (C=O) groups is 1. The minimum atomic E-state index is 0.121. The normalized spacial score (nSPS) is 14.7. The largest absolute Gasteiger partial charge is 0.350 e. The summed E-state index contributed by atoms with van der Waals surface area (Å²) in [7, 11) is 0. The summed E-state index contributed by atoms with van der Waals surface area (Å²) in [6.07, 6.45) is 12.0. The number of thiophene rings is 1. The minimum Gasteiger partial charge on any atom is -0.350 e. The molecule has 0 saturated heterocycles. The molecule has 0 aliphatic heterocycles. The van der Waals surface area contributed by atoms with Crippen molar-refractivity contribution in [3.63, 3.8) is 0 Å². The van der Waals surface area contributed by atoms with Crippen molar-refractivity contribution in [2.24, 2.45) is 5.92 Å². The number of unbranched alkanes of at least 4 members (excludes halogenated alkanes) is 1. The molecule has 1 aromatic carbocycles. The molecule has 0 bridgehead atoms. The molecule has 4 nitrogen and oxygen atoms in total. The van der Waals surface area contributed by atoms with Crippen molar-refractivity contribution >= 4 is 46.5 Å². The van der Waals surface area contributed by atoms with Gasteiger partial charge in [0.15, 0.2) is 0 Å². The Labute approximate surface area is 216 Å². The molecule has 1 aliphatic carbocycles. The predicted molar refractivity (Wildman–Crippen MR) is 144 cm³/mol. The molecule has 1 aliphatic rings. The van der Waals surface area contributed by atoms with E-state index < -0.39 is 0 Å². The molecule has 34 heavy (non-hydrogen) atoms. The van der Waals surface area contributed by atoms with E-state index in [1.54, 1.807) is 17.4 Å². The van der Waals surface area contributed by atoms with Crippen LogP contribution in [0.25, 0.3) is 22.3 Å². The molecule has 0 spiro atoms. The van der Waals surface area contributed by atoms with Gasteiger partial charge in [-0.3, -0.25) is 4.79 Å². The highest BCUT2D eigenvalue weighted by Gasteiger charge is 2.23. The zero-order valence-electron chi connectivity index (χ0n) is 19.7. The average molecular weight is 517 g/mol. The van der Waals surface area contributed by atoms with Gasteiger partial charge in [0.2, 0.25) is 5.91 Å². The number of amides is 1. The molecular weight excluding hydrogens is 485 g/mol. The van der Waals surface area contributed by atoms with Crippen molar-refractivity contribution in [1.29, 1.82) is 0 Å². The Morgan fingerprint density at radius 2 is 2.00 bits per heavy atom. The van der Waals surface area contributed by atoms with Gasteiger partial charge < -0.3 is 5.32 Å². The third-order valence-electron chi connectivity index (χ3n) is 6.36. The maximum absolute atomic E-state index is 12.7. The Morgan fingerprint density at radius 1 is 1.21 bits per heavy atom. The van der Waals surface area contributed by atoms with E-state index in [0.717, 1.165) is 66.0 Å². The van der Waals surface area contributed by atoms with Gasteiger partial charge in [-0.05, 0) is 62.6 Å². The van der Waals surface area contributed by atoms with Gasteiger partial charge in [0, 0.05) is 21.4 Å². The third kappa shape index (κ3) is 5.76. The van der Waals surface area contributed by atoms with E-state index in [4.69, 9.17) is 28.3 Å². The van der Waals surface area contributed by atoms with Crippen molar-refractivity contribution in [2.45, 2.75) is 65.3 Å². The minimum absolute atomic E-state index is 0.121. The lowest BCUT2D eigenvalue weighted by atomic mass is 9.88. The van der Waals surface area contributed by atoms with E-state index in [0.29, 0.717) is 16.6 Å². The van der Waals surface area contributed by atoms with Crippen LogP contribution in [-0.2, 0) is 11.3 Å². The van der Waals surface area contributed by atoms with Crippen LogP contribution in [0.3, 0.4) is 0 Å².